The first-order valence-electron chi connectivity index (χ1n) is 8.89. The normalized spacial score (nSPS) is 14.8. The Labute approximate surface area is 142 Å². The summed E-state index contributed by atoms with van der Waals surface area (Å²) in [5.74, 6) is 1.07. The maximum atomic E-state index is 10.8. The molecule has 2 atom stereocenters. The summed E-state index contributed by atoms with van der Waals surface area (Å²) in [7, 11) is 1.86. The van der Waals surface area contributed by atoms with Gasteiger partial charge >= 0.3 is 0 Å². The van der Waals surface area contributed by atoms with Crippen molar-refractivity contribution in [2.75, 3.05) is 13.6 Å². The largest absolute Gasteiger partial charge is 0.390 e. The van der Waals surface area contributed by atoms with E-state index in [1.807, 2.05) is 7.05 Å². The summed E-state index contributed by atoms with van der Waals surface area (Å²) in [5.41, 5.74) is 4.56. The van der Waals surface area contributed by atoms with Gasteiger partial charge in [0.1, 0.15) is 6.10 Å². The number of aliphatic hydroxyl groups excluding tert-OH is 2. The van der Waals surface area contributed by atoms with Crippen LogP contribution >= 0.6 is 0 Å². The molecule has 2 unspecified atom stereocenters. The zero-order valence-corrected chi connectivity index (χ0v) is 15.9. The molecule has 0 spiro atoms. The van der Waals surface area contributed by atoms with E-state index in [4.69, 9.17) is 0 Å². The highest BCUT2D eigenvalue weighted by Crippen LogP contribution is 2.37. The van der Waals surface area contributed by atoms with Gasteiger partial charge in [-0.25, -0.2) is 0 Å². The predicted octanol–water partition coefficient (Wildman–Crippen LogP) is 4.06. The SMILES string of the molecule is CNCCC(O)C(O)c1c(C(C)C)cc(C(C)C)cc1C(C)C. The first-order chi connectivity index (χ1) is 10.7. The topological polar surface area (TPSA) is 52.5 Å². The van der Waals surface area contributed by atoms with Crippen LogP contribution in [-0.4, -0.2) is 29.9 Å². The molecule has 0 aliphatic rings. The smallest absolute Gasteiger partial charge is 0.105 e. The van der Waals surface area contributed by atoms with E-state index in [0.29, 0.717) is 30.7 Å². The van der Waals surface area contributed by atoms with Crippen LogP contribution in [0.5, 0.6) is 0 Å². The highest BCUT2D eigenvalue weighted by Gasteiger charge is 2.26. The molecule has 1 rings (SSSR count). The first-order valence-corrected chi connectivity index (χ1v) is 8.89. The van der Waals surface area contributed by atoms with Gasteiger partial charge in [-0.15, -0.1) is 0 Å². The van der Waals surface area contributed by atoms with Crippen LogP contribution in [-0.2, 0) is 0 Å². The predicted molar refractivity (Wildman–Crippen MR) is 98.2 cm³/mol. The summed E-state index contributed by atoms with van der Waals surface area (Å²) in [4.78, 5) is 0. The van der Waals surface area contributed by atoms with Gasteiger partial charge in [-0.2, -0.15) is 0 Å². The summed E-state index contributed by atoms with van der Waals surface area (Å²) < 4.78 is 0. The Morgan fingerprint density at radius 2 is 1.35 bits per heavy atom. The van der Waals surface area contributed by atoms with Crippen molar-refractivity contribution in [3.05, 3.63) is 34.4 Å². The molecule has 132 valence electrons. The number of benzene rings is 1. The Kier molecular flexibility index (Phi) is 7.72. The van der Waals surface area contributed by atoms with Gasteiger partial charge in [-0.05, 0) is 60.0 Å². The lowest BCUT2D eigenvalue weighted by Gasteiger charge is -2.28. The minimum atomic E-state index is -0.834. The van der Waals surface area contributed by atoms with E-state index in [2.05, 4.69) is 59.0 Å². The summed E-state index contributed by atoms with van der Waals surface area (Å²) in [6.45, 7) is 13.7. The van der Waals surface area contributed by atoms with E-state index in [1.165, 1.54) is 5.56 Å². The van der Waals surface area contributed by atoms with Crippen molar-refractivity contribution in [2.45, 2.75) is 77.9 Å². The molecular formula is C20H35NO2. The molecule has 3 N–H and O–H groups in total. The van der Waals surface area contributed by atoms with E-state index in [1.54, 1.807) is 0 Å². The Bertz CT molecular complexity index is 465. The molecule has 23 heavy (non-hydrogen) atoms. The summed E-state index contributed by atoms with van der Waals surface area (Å²) >= 11 is 0. The maximum Gasteiger partial charge on any atom is 0.105 e. The number of hydrogen-bond donors (Lipinski definition) is 3. The third kappa shape index (κ3) is 5.03. The van der Waals surface area contributed by atoms with Crippen LogP contribution in [0.1, 0.15) is 94.1 Å². The van der Waals surface area contributed by atoms with Crippen LogP contribution in [0.25, 0.3) is 0 Å². The van der Waals surface area contributed by atoms with Crippen LogP contribution < -0.4 is 5.32 Å². The lowest BCUT2D eigenvalue weighted by Crippen LogP contribution is -2.25. The van der Waals surface area contributed by atoms with Gasteiger partial charge in [-0.1, -0.05) is 53.7 Å². The molecule has 0 aromatic heterocycles. The molecule has 0 aliphatic carbocycles. The summed E-state index contributed by atoms with van der Waals surface area (Å²) in [5, 5.41) is 24.3. The molecule has 1 aromatic rings. The lowest BCUT2D eigenvalue weighted by molar-refractivity contribution is 0.0127. The second kappa shape index (κ2) is 8.81. The molecule has 0 fully saturated rings. The van der Waals surface area contributed by atoms with Crippen LogP contribution in [0.4, 0.5) is 0 Å². The van der Waals surface area contributed by atoms with Crippen molar-refractivity contribution in [2.24, 2.45) is 0 Å². The number of rotatable bonds is 8. The summed E-state index contributed by atoms with van der Waals surface area (Å²) in [6, 6.07) is 4.43. The third-order valence-electron chi connectivity index (χ3n) is 4.53. The highest BCUT2D eigenvalue weighted by atomic mass is 16.3. The zero-order valence-electron chi connectivity index (χ0n) is 15.9. The van der Waals surface area contributed by atoms with Crippen LogP contribution in [0.15, 0.2) is 12.1 Å². The molecule has 0 amide bonds. The zero-order chi connectivity index (χ0) is 17.7. The Balaban J connectivity index is 3.42. The lowest BCUT2D eigenvalue weighted by atomic mass is 9.81. The highest BCUT2D eigenvalue weighted by molar-refractivity contribution is 5.45. The van der Waals surface area contributed by atoms with Gasteiger partial charge in [0.05, 0.1) is 6.10 Å². The van der Waals surface area contributed by atoms with E-state index in [0.717, 1.165) is 16.7 Å². The van der Waals surface area contributed by atoms with Gasteiger partial charge in [-0.3, -0.25) is 0 Å². The Morgan fingerprint density at radius 1 is 0.870 bits per heavy atom. The molecule has 1 aromatic carbocycles. The monoisotopic (exact) mass is 321 g/mol. The van der Waals surface area contributed by atoms with Crippen molar-refractivity contribution in [3.8, 4) is 0 Å². The van der Waals surface area contributed by atoms with Crippen molar-refractivity contribution in [1.82, 2.24) is 5.32 Å². The van der Waals surface area contributed by atoms with Crippen molar-refractivity contribution in [3.63, 3.8) is 0 Å². The Hall–Kier alpha value is -0.900. The molecule has 0 heterocycles. The second-order valence-electron chi connectivity index (χ2n) is 7.48. The molecule has 0 radical (unpaired) electrons. The first kappa shape index (κ1) is 20.1. The molecule has 0 saturated heterocycles. The fraction of sp³-hybridized carbons (Fsp3) is 0.700. The van der Waals surface area contributed by atoms with Crippen molar-refractivity contribution < 1.29 is 10.2 Å². The van der Waals surface area contributed by atoms with Gasteiger partial charge < -0.3 is 15.5 Å². The van der Waals surface area contributed by atoms with E-state index in [9.17, 15) is 10.2 Å². The third-order valence-corrected chi connectivity index (χ3v) is 4.53. The van der Waals surface area contributed by atoms with Crippen molar-refractivity contribution in [1.29, 1.82) is 0 Å². The maximum absolute atomic E-state index is 10.8. The quantitative estimate of drug-likeness (QED) is 0.677. The number of nitrogens with one attached hydrogen (secondary N) is 1. The van der Waals surface area contributed by atoms with Crippen molar-refractivity contribution >= 4 is 0 Å². The minimum absolute atomic E-state index is 0.312. The average molecular weight is 322 g/mol. The van der Waals surface area contributed by atoms with Gasteiger partial charge in [0.25, 0.3) is 0 Å². The van der Waals surface area contributed by atoms with E-state index in [-0.39, 0.29) is 0 Å². The molecule has 3 heteroatoms. The van der Waals surface area contributed by atoms with Crippen LogP contribution in [0.3, 0.4) is 0 Å². The summed E-state index contributed by atoms with van der Waals surface area (Å²) in [6.07, 6.45) is -1.04. The van der Waals surface area contributed by atoms with Gasteiger partial charge in [0.2, 0.25) is 0 Å². The van der Waals surface area contributed by atoms with E-state index >= 15 is 0 Å². The van der Waals surface area contributed by atoms with Gasteiger partial charge in [0, 0.05) is 0 Å². The van der Waals surface area contributed by atoms with E-state index < -0.39 is 12.2 Å². The van der Waals surface area contributed by atoms with Crippen LogP contribution in [0.2, 0.25) is 0 Å². The molecule has 0 aliphatic heterocycles. The second-order valence-corrected chi connectivity index (χ2v) is 7.48. The minimum Gasteiger partial charge on any atom is -0.390 e. The molecular weight excluding hydrogens is 286 g/mol. The van der Waals surface area contributed by atoms with Gasteiger partial charge in [0.15, 0.2) is 0 Å². The molecule has 0 bridgehead atoms. The fourth-order valence-corrected chi connectivity index (χ4v) is 3.00. The number of aliphatic hydroxyl groups is 2. The molecule has 0 saturated carbocycles. The average Bonchev–Trinajstić information content (AvgIpc) is 2.50. The number of hydrogen-bond acceptors (Lipinski definition) is 3. The fourth-order valence-electron chi connectivity index (χ4n) is 3.00. The molecule has 3 nitrogen and oxygen atoms in total. The Morgan fingerprint density at radius 3 is 1.70 bits per heavy atom. The van der Waals surface area contributed by atoms with Crippen LogP contribution in [0, 0.1) is 0 Å². The standard InChI is InChI=1S/C20H35NO2/c1-12(2)15-10-16(13(3)4)19(17(11-15)14(5)6)20(23)18(22)8-9-21-7/h10-14,18,20-23H,8-9H2,1-7H3.